The SMILES string of the molecule is COc1ccc(-c2ccc3c4c(cccc24)C=C(O)C3=O)c(OC)c1. The van der Waals surface area contributed by atoms with Crippen molar-refractivity contribution >= 4 is 22.6 Å². The molecule has 4 heteroatoms. The third-order valence-electron chi connectivity index (χ3n) is 4.54. The standard InChI is InChI=1S/C21H16O4/c1-24-13-6-7-15(19(11-13)25-2)14-8-9-17-20-12(4-3-5-16(14)20)10-18(22)21(17)23/h3-11,22H,1-2H3. The third-order valence-corrected chi connectivity index (χ3v) is 4.54. The molecule has 0 unspecified atom stereocenters. The molecule has 0 fully saturated rings. The van der Waals surface area contributed by atoms with E-state index in [-0.39, 0.29) is 11.5 Å². The monoisotopic (exact) mass is 332 g/mol. The molecule has 1 aliphatic carbocycles. The predicted molar refractivity (Wildman–Crippen MR) is 97.4 cm³/mol. The van der Waals surface area contributed by atoms with Gasteiger partial charge in [-0.1, -0.05) is 24.3 Å². The Labute approximate surface area is 144 Å². The lowest BCUT2D eigenvalue weighted by Gasteiger charge is -2.18. The number of carbonyl (C=O) groups excluding carboxylic acids is 1. The van der Waals surface area contributed by atoms with Crippen molar-refractivity contribution in [1.29, 1.82) is 0 Å². The van der Waals surface area contributed by atoms with Crippen LogP contribution in [0.4, 0.5) is 0 Å². The van der Waals surface area contributed by atoms with Gasteiger partial charge in [0.1, 0.15) is 11.5 Å². The summed E-state index contributed by atoms with van der Waals surface area (Å²) in [6.07, 6.45) is 1.52. The maximum atomic E-state index is 12.3. The number of Topliss-reactive ketones (excluding diaryl/α,β-unsaturated/α-hetero) is 1. The number of carbonyl (C=O) groups is 1. The maximum Gasteiger partial charge on any atom is 0.227 e. The van der Waals surface area contributed by atoms with Crippen LogP contribution in [0.2, 0.25) is 0 Å². The van der Waals surface area contributed by atoms with Gasteiger partial charge in [-0.3, -0.25) is 4.79 Å². The van der Waals surface area contributed by atoms with Crippen LogP contribution >= 0.6 is 0 Å². The summed E-state index contributed by atoms with van der Waals surface area (Å²) in [5.41, 5.74) is 3.22. The Bertz CT molecular complexity index is 1050. The highest BCUT2D eigenvalue weighted by atomic mass is 16.5. The van der Waals surface area contributed by atoms with Crippen LogP contribution in [0.5, 0.6) is 11.5 Å². The predicted octanol–water partition coefficient (Wildman–Crippen LogP) is 4.62. The summed E-state index contributed by atoms with van der Waals surface area (Å²) in [6.45, 7) is 0. The molecule has 1 aliphatic rings. The molecule has 0 aliphatic heterocycles. The van der Waals surface area contributed by atoms with E-state index in [9.17, 15) is 9.90 Å². The van der Waals surface area contributed by atoms with E-state index in [0.717, 1.165) is 27.5 Å². The quantitative estimate of drug-likeness (QED) is 0.760. The smallest absolute Gasteiger partial charge is 0.227 e. The molecular weight excluding hydrogens is 316 g/mol. The van der Waals surface area contributed by atoms with Crippen LogP contribution in [0.3, 0.4) is 0 Å². The van der Waals surface area contributed by atoms with Gasteiger partial charge >= 0.3 is 0 Å². The summed E-state index contributed by atoms with van der Waals surface area (Å²) >= 11 is 0. The van der Waals surface area contributed by atoms with Crippen molar-refractivity contribution in [3.8, 4) is 22.6 Å². The van der Waals surface area contributed by atoms with Gasteiger partial charge in [0.05, 0.1) is 14.2 Å². The minimum absolute atomic E-state index is 0.227. The first-order valence-electron chi connectivity index (χ1n) is 7.87. The zero-order valence-corrected chi connectivity index (χ0v) is 13.9. The molecule has 0 radical (unpaired) electrons. The minimum atomic E-state index is -0.350. The summed E-state index contributed by atoms with van der Waals surface area (Å²) in [7, 11) is 3.23. The normalized spacial score (nSPS) is 12.9. The Kier molecular flexibility index (Phi) is 3.46. The largest absolute Gasteiger partial charge is 0.504 e. The van der Waals surface area contributed by atoms with Crippen LogP contribution in [0.15, 0.2) is 54.3 Å². The van der Waals surface area contributed by atoms with E-state index < -0.39 is 0 Å². The highest BCUT2D eigenvalue weighted by Gasteiger charge is 2.23. The molecule has 3 aromatic rings. The van der Waals surface area contributed by atoms with Gasteiger partial charge < -0.3 is 14.6 Å². The van der Waals surface area contributed by atoms with Crippen molar-refractivity contribution in [1.82, 2.24) is 0 Å². The van der Waals surface area contributed by atoms with Crippen LogP contribution in [0, 0.1) is 0 Å². The van der Waals surface area contributed by atoms with E-state index in [0.29, 0.717) is 17.1 Å². The number of benzene rings is 3. The molecule has 4 nitrogen and oxygen atoms in total. The first-order valence-corrected chi connectivity index (χ1v) is 7.87. The molecule has 0 heterocycles. The Balaban J connectivity index is 2.04. The summed E-state index contributed by atoms with van der Waals surface area (Å²) < 4.78 is 10.8. The Morgan fingerprint density at radius 3 is 2.40 bits per heavy atom. The van der Waals surface area contributed by atoms with Gasteiger partial charge in [0.2, 0.25) is 5.78 Å². The highest BCUT2D eigenvalue weighted by molar-refractivity contribution is 6.23. The molecular formula is C21H16O4. The first kappa shape index (κ1) is 15.3. The molecule has 0 atom stereocenters. The van der Waals surface area contributed by atoms with Gasteiger partial charge in [-0.05, 0) is 40.8 Å². The number of allylic oxidation sites excluding steroid dienone is 1. The number of ketones is 1. The zero-order valence-electron chi connectivity index (χ0n) is 13.9. The molecule has 0 amide bonds. The van der Waals surface area contributed by atoms with Crippen molar-refractivity contribution in [3.63, 3.8) is 0 Å². The third kappa shape index (κ3) is 2.26. The first-order chi connectivity index (χ1) is 12.1. The average molecular weight is 332 g/mol. The van der Waals surface area contributed by atoms with Gasteiger partial charge in [0.15, 0.2) is 5.76 Å². The number of aliphatic hydroxyl groups is 1. The van der Waals surface area contributed by atoms with E-state index in [4.69, 9.17) is 9.47 Å². The van der Waals surface area contributed by atoms with Gasteiger partial charge in [0, 0.05) is 22.6 Å². The van der Waals surface area contributed by atoms with Crippen molar-refractivity contribution in [2.45, 2.75) is 0 Å². The number of methoxy groups -OCH3 is 2. The Hall–Kier alpha value is -3.27. The van der Waals surface area contributed by atoms with Gasteiger partial charge in [-0.15, -0.1) is 0 Å². The van der Waals surface area contributed by atoms with Gasteiger partial charge in [-0.2, -0.15) is 0 Å². The van der Waals surface area contributed by atoms with Crippen molar-refractivity contribution in [2.75, 3.05) is 14.2 Å². The van der Waals surface area contributed by atoms with E-state index in [1.165, 1.54) is 6.08 Å². The molecule has 0 spiro atoms. The lowest BCUT2D eigenvalue weighted by molar-refractivity contribution is 0.0981. The van der Waals surface area contributed by atoms with Crippen LogP contribution in [0.1, 0.15) is 15.9 Å². The molecule has 1 N–H and O–H groups in total. The summed E-state index contributed by atoms with van der Waals surface area (Å²) in [5, 5.41) is 11.7. The van der Waals surface area contributed by atoms with Crippen LogP contribution in [-0.4, -0.2) is 25.1 Å². The maximum absolute atomic E-state index is 12.3. The lowest BCUT2D eigenvalue weighted by Crippen LogP contribution is -2.08. The molecule has 0 saturated heterocycles. The Morgan fingerprint density at radius 1 is 0.880 bits per heavy atom. The minimum Gasteiger partial charge on any atom is -0.504 e. The van der Waals surface area contributed by atoms with E-state index in [1.54, 1.807) is 20.3 Å². The van der Waals surface area contributed by atoms with E-state index in [1.807, 2.05) is 42.5 Å². The second kappa shape index (κ2) is 5.67. The number of hydrogen-bond acceptors (Lipinski definition) is 4. The van der Waals surface area contributed by atoms with Crippen molar-refractivity contribution in [2.24, 2.45) is 0 Å². The Morgan fingerprint density at radius 2 is 1.64 bits per heavy atom. The highest BCUT2D eigenvalue weighted by Crippen LogP contribution is 2.40. The van der Waals surface area contributed by atoms with E-state index in [2.05, 4.69) is 0 Å². The fourth-order valence-electron chi connectivity index (χ4n) is 3.35. The number of hydrogen-bond donors (Lipinski definition) is 1. The topological polar surface area (TPSA) is 55.8 Å². The van der Waals surface area contributed by atoms with E-state index >= 15 is 0 Å². The fourth-order valence-corrected chi connectivity index (χ4v) is 3.35. The molecule has 3 aromatic carbocycles. The zero-order chi connectivity index (χ0) is 17.6. The number of aliphatic hydroxyl groups excluding tert-OH is 1. The van der Waals surface area contributed by atoms with Crippen molar-refractivity contribution in [3.05, 3.63) is 65.4 Å². The molecule has 0 bridgehead atoms. The lowest BCUT2D eigenvalue weighted by atomic mass is 9.87. The number of rotatable bonds is 3. The van der Waals surface area contributed by atoms with Crippen LogP contribution < -0.4 is 9.47 Å². The van der Waals surface area contributed by atoms with Gasteiger partial charge in [-0.25, -0.2) is 0 Å². The van der Waals surface area contributed by atoms with Gasteiger partial charge in [0.25, 0.3) is 0 Å². The second-order valence-electron chi connectivity index (χ2n) is 5.86. The van der Waals surface area contributed by atoms with Crippen LogP contribution in [-0.2, 0) is 0 Å². The molecule has 25 heavy (non-hydrogen) atoms. The second-order valence-corrected chi connectivity index (χ2v) is 5.86. The number of ether oxygens (including phenoxy) is 2. The summed E-state index contributed by atoms with van der Waals surface area (Å²) in [5.74, 6) is 0.832. The fraction of sp³-hybridized carbons (Fsp3) is 0.0952. The average Bonchev–Trinajstić information content (AvgIpc) is 2.65. The molecule has 0 aromatic heterocycles. The van der Waals surface area contributed by atoms with Crippen LogP contribution in [0.25, 0.3) is 28.0 Å². The molecule has 124 valence electrons. The molecule has 4 rings (SSSR count). The summed E-state index contributed by atoms with van der Waals surface area (Å²) in [6, 6.07) is 15.1. The summed E-state index contributed by atoms with van der Waals surface area (Å²) in [4.78, 5) is 12.3. The van der Waals surface area contributed by atoms with Crippen molar-refractivity contribution < 1.29 is 19.4 Å². The molecule has 0 saturated carbocycles.